The molecule has 0 aliphatic carbocycles. The molecule has 1 aliphatic heterocycles. The SMILES string of the molecule is COCCOc1ccc(C(=O)N2CCCC2CS(=O)(=O)c2ccccc2)cc1. The lowest BCUT2D eigenvalue weighted by molar-refractivity contribution is 0.0749. The first-order chi connectivity index (χ1) is 13.5. The molecular weight excluding hydrogens is 378 g/mol. The van der Waals surface area contributed by atoms with E-state index in [1.165, 1.54) is 0 Å². The van der Waals surface area contributed by atoms with Crippen LogP contribution in [0, 0.1) is 0 Å². The fraction of sp³-hybridized carbons (Fsp3) is 0.381. The number of carbonyl (C=O) groups excluding carboxylic acids is 1. The van der Waals surface area contributed by atoms with Gasteiger partial charge in [-0.2, -0.15) is 0 Å². The molecule has 1 fully saturated rings. The molecular formula is C21H25NO5S. The summed E-state index contributed by atoms with van der Waals surface area (Å²) in [5, 5.41) is 0. The minimum absolute atomic E-state index is 0.0546. The summed E-state index contributed by atoms with van der Waals surface area (Å²) in [6, 6.07) is 15.0. The van der Waals surface area contributed by atoms with Gasteiger partial charge in [-0.1, -0.05) is 18.2 Å². The number of methoxy groups -OCH3 is 1. The predicted molar refractivity (Wildman–Crippen MR) is 106 cm³/mol. The fourth-order valence-corrected chi connectivity index (χ4v) is 4.97. The lowest BCUT2D eigenvalue weighted by Crippen LogP contribution is -2.39. The van der Waals surface area contributed by atoms with Gasteiger partial charge in [0.05, 0.1) is 17.3 Å². The van der Waals surface area contributed by atoms with Crippen molar-refractivity contribution >= 4 is 15.7 Å². The van der Waals surface area contributed by atoms with Crippen LogP contribution >= 0.6 is 0 Å². The first-order valence-corrected chi connectivity index (χ1v) is 11.0. The van der Waals surface area contributed by atoms with Crippen LogP contribution in [-0.2, 0) is 14.6 Å². The van der Waals surface area contributed by atoms with Crippen molar-refractivity contribution in [3.63, 3.8) is 0 Å². The van der Waals surface area contributed by atoms with E-state index in [0.29, 0.717) is 42.4 Å². The van der Waals surface area contributed by atoms with Gasteiger partial charge in [0.2, 0.25) is 0 Å². The molecule has 0 saturated carbocycles. The summed E-state index contributed by atoms with van der Waals surface area (Å²) in [5.41, 5.74) is 0.531. The monoisotopic (exact) mass is 403 g/mol. The number of amides is 1. The third kappa shape index (κ3) is 4.91. The lowest BCUT2D eigenvalue weighted by atomic mass is 10.1. The van der Waals surface area contributed by atoms with E-state index in [2.05, 4.69) is 0 Å². The molecule has 1 saturated heterocycles. The van der Waals surface area contributed by atoms with Gasteiger partial charge in [-0.15, -0.1) is 0 Å². The molecule has 0 N–H and O–H groups in total. The van der Waals surface area contributed by atoms with Gasteiger partial charge in [0, 0.05) is 25.3 Å². The zero-order chi connectivity index (χ0) is 20.0. The van der Waals surface area contributed by atoms with Crippen molar-refractivity contribution in [2.24, 2.45) is 0 Å². The van der Waals surface area contributed by atoms with E-state index in [1.807, 2.05) is 0 Å². The molecule has 3 rings (SSSR count). The van der Waals surface area contributed by atoms with Crippen LogP contribution in [0.25, 0.3) is 0 Å². The number of benzene rings is 2. The molecule has 0 bridgehead atoms. The summed E-state index contributed by atoms with van der Waals surface area (Å²) < 4.78 is 35.9. The topological polar surface area (TPSA) is 72.9 Å². The molecule has 150 valence electrons. The van der Waals surface area contributed by atoms with Gasteiger partial charge >= 0.3 is 0 Å². The molecule has 0 spiro atoms. The van der Waals surface area contributed by atoms with Crippen molar-refractivity contribution < 1.29 is 22.7 Å². The van der Waals surface area contributed by atoms with E-state index in [9.17, 15) is 13.2 Å². The van der Waals surface area contributed by atoms with Crippen molar-refractivity contribution in [1.82, 2.24) is 4.90 Å². The molecule has 28 heavy (non-hydrogen) atoms. The number of carbonyl (C=O) groups is 1. The van der Waals surface area contributed by atoms with Crippen molar-refractivity contribution in [2.75, 3.05) is 32.6 Å². The van der Waals surface area contributed by atoms with Crippen LogP contribution < -0.4 is 4.74 Å². The maximum absolute atomic E-state index is 12.9. The van der Waals surface area contributed by atoms with Gasteiger partial charge in [-0.3, -0.25) is 4.79 Å². The Morgan fingerprint density at radius 2 is 1.79 bits per heavy atom. The molecule has 0 aromatic heterocycles. The Labute approximate surface area is 166 Å². The van der Waals surface area contributed by atoms with Crippen LogP contribution in [0.15, 0.2) is 59.5 Å². The summed E-state index contributed by atoms with van der Waals surface area (Å²) >= 11 is 0. The highest BCUT2D eigenvalue weighted by Crippen LogP contribution is 2.24. The van der Waals surface area contributed by atoms with E-state index < -0.39 is 9.84 Å². The average molecular weight is 404 g/mol. The molecule has 0 radical (unpaired) electrons. The number of hydrogen-bond donors (Lipinski definition) is 0. The van der Waals surface area contributed by atoms with Crippen LogP contribution in [0.4, 0.5) is 0 Å². The van der Waals surface area contributed by atoms with Gasteiger partial charge in [0.25, 0.3) is 5.91 Å². The van der Waals surface area contributed by atoms with Crippen molar-refractivity contribution in [3.05, 3.63) is 60.2 Å². The summed E-state index contributed by atoms with van der Waals surface area (Å²) in [5.74, 6) is 0.466. The van der Waals surface area contributed by atoms with E-state index in [0.717, 1.165) is 6.42 Å². The summed E-state index contributed by atoms with van der Waals surface area (Å²) in [6.07, 6.45) is 1.49. The van der Waals surface area contributed by atoms with E-state index in [-0.39, 0.29) is 17.7 Å². The Kier molecular flexibility index (Phi) is 6.70. The number of ether oxygens (including phenoxy) is 2. The van der Waals surface area contributed by atoms with Crippen LogP contribution in [0.2, 0.25) is 0 Å². The zero-order valence-corrected chi connectivity index (χ0v) is 16.7. The van der Waals surface area contributed by atoms with Crippen LogP contribution in [0.1, 0.15) is 23.2 Å². The fourth-order valence-electron chi connectivity index (χ4n) is 3.36. The molecule has 6 nitrogen and oxygen atoms in total. The molecule has 2 aromatic carbocycles. The first kappa shape index (κ1) is 20.4. The van der Waals surface area contributed by atoms with Gasteiger partial charge in [0.1, 0.15) is 12.4 Å². The van der Waals surface area contributed by atoms with Crippen LogP contribution in [-0.4, -0.2) is 57.9 Å². The third-order valence-corrected chi connectivity index (χ3v) is 6.62. The minimum Gasteiger partial charge on any atom is -0.491 e. The van der Waals surface area contributed by atoms with E-state index in [1.54, 1.807) is 66.6 Å². The Bertz CT molecular complexity index is 881. The van der Waals surface area contributed by atoms with Gasteiger partial charge in [-0.25, -0.2) is 8.42 Å². The van der Waals surface area contributed by atoms with Gasteiger partial charge in [0.15, 0.2) is 9.84 Å². The number of likely N-dealkylation sites (tertiary alicyclic amines) is 1. The molecule has 2 aromatic rings. The second-order valence-electron chi connectivity index (χ2n) is 6.75. The normalized spacial score (nSPS) is 16.9. The summed E-state index contributed by atoms with van der Waals surface area (Å²) in [4.78, 5) is 14.9. The standard InChI is InChI=1S/C21H25NO5S/c1-26-14-15-27-19-11-9-17(10-12-19)21(23)22-13-5-6-18(22)16-28(24,25)20-7-3-2-4-8-20/h2-4,7-12,18H,5-6,13-16H2,1H3. The van der Waals surface area contributed by atoms with Crippen LogP contribution in [0.3, 0.4) is 0 Å². The summed E-state index contributed by atoms with van der Waals surface area (Å²) in [7, 11) is -1.83. The second-order valence-corrected chi connectivity index (χ2v) is 8.79. The van der Waals surface area contributed by atoms with E-state index in [4.69, 9.17) is 9.47 Å². The highest BCUT2D eigenvalue weighted by molar-refractivity contribution is 7.91. The summed E-state index contributed by atoms with van der Waals surface area (Å²) in [6.45, 7) is 1.50. The smallest absolute Gasteiger partial charge is 0.254 e. The Hall–Kier alpha value is -2.38. The van der Waals surface area contributed by atoms with Crippen molar-refractivity contribution in [3.8, 4) is 5.75 Å². The average Bonchev–Trinajstić information content (AvgIpc) is 3.16. The van der Waals surface area contributed by atoms with Crippen molar-refractivity contribution in [1.29, 1.82) is 0 Å². The van der Waals surface area contributed by atoms with Crippen molar-refractivity contribution in [2.45, 2.75) is 23.8 Å². The van der Waals surface area contributed by atoms with Crippen LogP contribution in [0.5, 0.6) is 5.75 Å². The number of sulfone groups is 1. The highest BCUT2D eigenvalue weighted by Gasteiger charge is 2.33. The second kappa shape index (κ2) is 9.21. The number of rotatable bonds is 8. The Balaban J connectivity index is 1.67. The largest absolute Gasteiger partial charge is 0.491 e. The maximum Gasteiger partial charge on any atom is 0.254 e. The first-order valence-electron chi connectivity index (χ1n) is 9.32. The van der Waals surface area contributed by atoms with E-state index >= 15 is 0 Å². The quantitative estimate of drug-likeness (QED) is 0.634. The molecule has 1 heterocycles. The Morgan fingerprint density at radius 1 is 1.07 bits per heavy atom. The van der Waals surface area contributed by atoms with Gasteiger partial charge < -0.3 is 14.4 Å². The Morgan fingerprint density at radius 3 is 2.46 bits per heavy atom. The number of nitrogens with zero attached hydrogens (tertiary/aromatic N) is 1. The highest BCUT2D eigenvalue weighted by atomic mass is 32.2. The molecule has 1 unspecified atom stereocenters. The predicted octanol–water partition coefficient (Wildman–Crippen LogP) is 2.79. The maximum atomic E-state index is 12.9. The number of hydrogen-bond acceptors (Lipinski definition) is 5. The molecule has 1 amide bonds. The third-order valence-electron chi connectivity index (χ3n) is 4.81. The minimum atomic E-state index is -3.44. The van der Waals surface area contributed by atoms with Gasteiger partial charge in [-0.05, 0) is 49.2 Å². The molecule has 1 aliphatic rings. The molecule has 7 heteroatoms. The molecule has 1 atom stereocenters. The zero-order valence-electron chi connectivity index (χ0n) is 15.9. The lowest BCUT2D eigenvalue weighted by Gasteiger charge is -2.25.